The van der Waals surface area contributed by atoms with Gasteiger partial charge >= 0.3 is 0 Å². The van der Waals surface area contributed by atoms with Crippen LogP contribution in [-0.4, -0.2) is 24.5 Å². The van der Waals surface area contributed by atoms with E-state index in [4.69, 9.17) is 16.3 Å². The number of halogens is 1. The number of hydrogen-bond donors (Lipinski definition) is 1. The maximum Gasteiger partial charge on any atom is 0.240 e. The summed E-state index contributed by atoms with van der Waals surface area (Å²) < 4.78 is 5.59. The number of carbonyl (C=O) groups is 2. The Balaban J connectivity index is 1.97. The van der Waals surface area contributed by atoms with Crippen LogP contribution < -0.4 is 15.0 Å². The Morgan fingerprint density at radius 3 is 2.23 bits per heavy atom. The van der Waals surface area contributed by atoms with Crippen LogP contribution in [-0.2, 0) is 16.1 Å². The Labute approximate surface area is 158 Å². The number of rotatable bonds is 7. The molecule has 0 aliphatic rings. The lowest BCUT2D eigenvalue weighted by molar-refractivity contribution is -0.123. The van der Waals surface area contributed by atoms with Crippen molar-refractivity contribution in [3.05, 3.63) is 59.1 Å². The highest BCUT2D eigenvalue weighted by molar-refractivity contribution is 6.30. The molecule has 0 aliphatic carbocycles. The van der Waals surface area contributed by atoms with Crippen LogP contribution in [0.1, 0.15) is 26.3 Å². The Hall–Kier alpha value is -2.53. The van der Waals surface area contributed by atoms with E-state index in [-0.39, 0.29) is 24.5 Å². The molecule has 2 amide bonds. The number of hydrogen-bond acceptors (Lipinski definition) is 3. The minimum atomic E-state index is -0.238. The summed E-state index contributed by atoms with van der Waals surface area (Å²) in [5.41, 5.74) is 1.59. The van der Waals surface area contributed by atoms with E-state index < -0.39 is 0 Å². The topological polar surface area (TPSA) is 58.6 Å². The Bertz CT molecular complexity index is 743. The maximum absolute atomic E-state index is 12.2. The smallest absolute Gasteiger partial charge is 0.240 e. The van der Waals surface area contributed by atoms with Gasteiger partial charge in [0, 0.05) is 24.2 Å². The lowest BCUT2D eigenvalue weighted by Gasteiger charge is -2.21. The summed E-state index contributed by atoms with van der Waals surface area (Å²) in [4.78, 5) is 25.6. The molecule has 0 unspecified atom stereocenters. The molecule has 6 heteroatoms. The third kappa shape index (κ3) is 6.08. The number of carbonyl (C=O) groups excluding carboxylic acids is 2. The van der Waals surface area contributed by atoms with E-state index in [1.165, 1.54) is 11.8 Å². The second-order valence-corrected chi connectivity index (χ2v) is 6.61. The summed E-state index contributed by atoms with van der Waals surface area (Å²) in [5, 5.41) is 3.46. The predicted molar refractivity (Wildman–Crippen MR) is 104 cm³/mol. The van der Waals surface area contributed by atoms with Gasteiger partial charge in [0.25, 0.3) is 0 Å². The Kier molecular flexibility index (Phi) is 7.04. The standard InChI is InChI=1S/C20H23ClN2O3/c1-14(2)26-19-10-8-18(9-11-19)23(15(3)24)13-20(25)22-12-16-4-6-17(21)7-5-16/h4-11,14H,12-13H2,1-3H3,(H,22,25). The molecule has 0 bridgehead atoms. The van der Waals surface area contributed by atoms with Crippen molar-refractivity contribution in [2.75, 3.05) is 11.4 Å². The van der Waals surface area contributed by atoms with Crippen molar-refractivity contribution >= 4 is 29.1 Å². The van der Waals surface area contributed by atoms with Gasteiger partial charge in [0.15, 0.2) is 0 Å². The van der Waals surface area contributed by atoms with Gasteiger partial charge in [-0.3, -0.25) is 9.59 Å². The lowest BCUT2D eigenvalue weighted by atomic mass is 10.2. The Morgan fingerprint density at radius 1 is 1.08 bits per heavy atom. The van der Waals surface area contributed by atoms with E-state index in [2.05, 4.69) is 5.32 Å². The molecule has 0 spiro atoms. The van der Waals surface area contributed by atoms with Gasteiger partial charge in [0.1, 0.15) is 12.3 Å². The van der Waals surface area contributed by atoms with E-state index in [0.717, 1.165) is 11.3 Å². The number of ether oxygens (including phenoxy) is 1. The minimum Gasteiger partial charge on any atom is -0.491 e. The number of nitrogens with one attached hydrogen (secondary N) is 1. The highest BCUT2D eigenvalue weighted by Gasteiger charge is 2.16. The van der Waals surface area contributed by atoms with E-state index >= 15 is 0 Å². The molecule has 0 saturated carbocycles. The molecule has 0 radical (unpaired) electrons. The van der Waals surface area contributed by atoms with Crippen molar-refractivity contribution < 1.29 is 14.3 Å². The van der Waals surface area contributed by atoms with Gasteiger partial charge in [-0.2, -0.15) is 0 Å². The SMILES string of the molecule is CC(=O)N(CC(=O)NCc1ccc(Cl)cc1)c1ccc(OC(C)C)cc1. The van der Waals surface area contributed by atoms with Crippen molar-refractivity contribution in [3.8, 4) is 5.75 Å². The van der Waals surface area contributed by atoms with Crippen molar-refractivity contribution in [3.63, 3.8) is 0 Å². The number of benzene rings is 2. The summed E-state index contributed by atoms with van der Waals surface area (Å²) in [7, 11) is 0. The fourth-order valence-electron chi connectivity index (χ4n) is 2.36. The molecule has 26 heavy (non-hydrogen) atoms. The van der Waals surface area contributed by atoms with Crippen LogP contribution in [0.4, 0.5) is 5.69 Å². The number of nitrogens with zero attached hydrogens (tertiary/aromatic N) is 1. The van der Waals surface area contributed by atoms with E-state index in [1.54, 1.807) is 36.4 Å². The molecule has 0 heterocycles. The third-order valence-corrected chi connectivity index (χ3v) is 3.86. The quantitative estimate of drug-likeness (QED) is 0.802. The maximum atomic E-state index is 12.2. The zero-order chi connectivity index (χ0) is 19.1. The molecule has 0 saturated heterocycles. The average molecular weight is 375 g/mol. The zero-order valence-electron chi connectivity index (χ0n) is 15.2. The summed E-state index contributed by atoms with van der Waals surface area (Å²) in [6.45, 7) is 5.66. The third-order valence-electron chi connectivity index (χ3n) is 3.60. The van der Waals surface area contributed by atoms with Crippen LogP contribution in [0.5, 0.6) is 5.75 Å². The van der Waals surface area contributed by atoms with Crippen LogP contribution in [0.25, 0.3) is 0 Å². The lowest BCUT2D eigenvalue weighted by Crippen LogP contribution is -2.39. The molecule has 0 fully saturated rings. The highest BCUT2D eigenvalue weighted by atomic mass is 35.5. The molecule has 0 aromatic heterocycles. The van der Waals surface area contributed by atoms with Crippen LogP contribution >= 0.6 is 11.6 Å². The second-order valence-electron chi connectivity index (χ2n) is 6.17. The van der Waals surface area contributed by atoms with Gasteiger partial charge in [-0.05, 0) is 55.8 Å². The zero-order valence-corrected chi connectivity index (χ0v) is 15.9. The molecule has 1 N–H and O–H groups in total. The summed E-state index contributed by atoms with van der Waals surface area (Å²) in [5.74, 6) is 0.279. The summed E-state index contributed by atoms with van der Waals surface area (Å²) in [6, 6.07) is 14.3. The molecule has 0 aliphatic heterocycles. The monoisotopic (exact) mass is 374 g/mol. The van der Waals surface area contributed by atoms with Crippen LogP contribution in [0.3, 0.4) is 0 Å². The first-order chi connectivity index (χ1) is 12.3. The van der Waals surface area contributed by atoms with Crippen molar-refractivity contribution in [1.82, 2.24) is 5.32 Å². The minimum absolute atomic E-state index is 0.0483. The molecule has 0 atom stereocenters. The summed E-state index contributed by atoms with van der Waals surface area (Å²) >= 11 is 5.84. The van der Waals surface area contributed by atoms with Crippen LogP contribution in [0, 0.1) is 0 Å². The van der Waals surface area contributed by atoms with E-state index in [0.29, 0.717) is 17.3 Å². The average Bonchev–Trinajstić information content (AvgIpc) is 2.59. The normalized spacial score (nSPS) is 10.5. The molecule has 2 aromatic carbocycles. The van der Waals surface area contributed by atoms with Crippen LogP contribution in [0.15, 0.2) is 48.5 Å². The molecule has 138 valence electrons. The highest BCUT2D eigenvalue weighted by Crippen LogP contribution is 2.20. The second kappa shape index (κ2) is 9.25. The van der Waals surface area contributed by atoms with E-state index in [9.17, 15) is 9.59 Å². The largest absolute Gasteiger partial charge is 0.491 e. The summed E-state index contributed by atoms with van der Waals surface area (Å²) in [6.07, 6.45) is 0.0726. The van der Waals surface area contributed by atoms with Gasteiger partial charge in [-0.15, -0.1) is 0 Å². The van der Waals surface area contributed by atoms with Gasteiger partial charge in [-0.1, -0.05) is 23.7 Å². The predicted octanol–water partition coefficient (Wildman–Crippen LogP) is 3.80. The first-order valence-corrected chi connectivity index (χ1v) is 8.79. The molecule has 2 aromatic rings. The molecule has 2 rings (SSSR count). The number of amides is 2. The van der Waals surface area contributed by atoms with Crippen molar-refractivity contribution in [2.45, 2.75) is 33.4 Å². The van der Waals surface area contributed by atoms with Gasteiger partial charge in [0.05, 0.1) is 6.10 Å². The molecular weight excluding hydrogens is 352 g/mol. The van der Waals surface area contributed by atoms with Crippen LogP contribution in [0.2, 0.25) is 5.02 Å². The van der Waals surface area contributed by atoms with E-state index in [1.807, 2.05) is 26.0 Å². The van der Waals surface area contributed by atoms with Gasteiger partial charge in [0.2, 0.25) is 11.8 Å². The van der Waals surface area contributed by atoms with Crippen molar-refractivity contribution in [1.29, 1.82) is 0 Å². The van der Waals surface area contributed by atoms with Gasteiger partial charge in [-0.25, -0.2) is 0 Å². The first kappa shape index (κ1) is 19.8. The number of anilines is 1. The fraction of sp³-hybridized carbons (Fsp3) is 0.300. The van der Waals surface area contributed by atoms with Crippen molar-refractivity contribution in [2.24, 2.45) is 0 Å². The van der Waals surface area contributed by atoms with Gasteiger partial charge < -0.3 is 15.0 Å². The fourth-order valence-corrected chi connectivity index (χ4v) is 2.49. The Morgan fingerprint density at radius 2 is 1.69 bits per heavy atom. The first-order valence-electron chi connectivity index (χ1n) is 8.41. The molecule has 5 nitrogen and oxygen atoms in total. The molecular formula is C20H23ClN2O3.